The maximum atomic E-state index is 12.0. The quantitative estimate of drug-likeness (QED) is 0.596. The Bertz CT molecular complexity index is 560. The predicted octanol–water partition coefficient (Wildman–Crippen LogP) is 0.646. The summed E-state index contributed by atoms with van der Waals surface area (Å²) in [5.41, 5.74) is 7.32. The van der Waals surface area contributed by atoms with Crippen LogP contribution in [0.2, 0.25) is 0 Å². The first kappa shape index (κ1) is 12.4. The molecule has 0 saturated heterocycles. The third-order valence-corrected chi connectivity index (χ3v) is 2.85. The molecule has 1 aromatic carbocycles. The van der Waals surface area contributed by atoms with Crippen LogP contribution in [-0.2, 0) is 0 Å². The van der Waals surface area contributed by atoms with Crippen molar-refractivity contribution in [2.24, 2.45) is 0 Å². The number of aliphatic hydroxyl groups excluding tert-OH is 1. The number of nitrogens with zero attached hydrogens (tertiary/aromatic N) is 1. The molecule has 0 spiro atoms. The van der Waals surface area contributed by atoms with Crippen molar-refractivity contribution in [1.82, 2.24) is 15.5 Å². The van der Waals surface area contributed by atoms with Crippen LogP contribution >= 0.6 is 0 Å². The normalized spacial score (nSPS) is 12.6. The fourth-order valence-electron chi connectivity index (χ4n) is 1.74. The zero-order valence-corrected chi connectivity index (χ0v) is 10.1. The van der Waals surface area contributed by atoms with Crippen molar-refractivity contribution in [3.8, 4) is 0 Å². The summed E-state index contributed by atoms with van der Waals surface area (Å²) in [4.78, 5) is 12.0. The molecule has 2 aromatic rings. The second-order valence-corrected chi connectivity index (χ2v) is 4.14. The Morgan fingerprint density at radius 2 is 2.39 bits per heavy atom. The van der Waals surface area contributed by atoms with E-state index in [1.807, 2.05) is 6.92 Å². The van der Waals surface area contributed by atoms with Gasteiger partial charge < -0.3 is 16.2 Å². The molecule has 5 N–H and O–H groups in total. The summed E-state index contributed by atoms with van der Waals surface area (Å²) < 4.78 is 0. The lowest BCUT2D eigenvalue weighted by molar-refractivity contribution is 0.0911. The van der Waals surface area contributed by atoms with Crippen LogP contribution in [0.1, 0.15) is 23.8 Å². The first-order valence-corrected chi connectivity index (χ1v) is 5.81. The fourth-order valence-corrected chi connectivity index (χ4v) is 1.74. The van der Waals surface area contributed by atoms with E-state index in [-0.39, 0.29) is 18.6 Å². The van der Waals surface area contributed by atoms with Gasteiger partial charge in [-0.1, -0.05) is 6.92 Å². The third-order valence-electron chi connectivity index (χ3n) is 2.85. The molecule has 0 radical (unpaired) electrons. The van der Waals surface area contributed by atoms with Crippen LogP contribution in [0, 0.1) is 0 Å². The molecule has 18 heavy (non-hydrogen) atoms. The number of anilines is 1. The van der Waals surface area contributed by atoms with E-state index in [9.17, 15) is 4.79 Å². The number of aliphatic hydroxyl groups is 1. The van der Waals surface area contributed by atoms with Gasteiger partial charge in [-0.05, 0) is 24.6 Å². The van der Waals surface area contributed by atoms with Crippen LogP contribution in [0.15, 0.2) is 18.2 Å². The van der Waals surface area contributed by atoms with Gasteiger partial charge >= 0.3 is 0 Å². The average molecular weight is 248 g/mol. The highest BCUT2D eigenvalue weighted by Gasteiger charge is 2.17. The molecule has 0 aliphatic heterocycles. The van der Waals surface area contributed by atoms with Crippen molar-refractivity contribution in [2.75, 3.05) is 12.3 Å². The number of H-pyrrole nitrogens is 1. The molecule has 1 amide bonds. The largest absolute Gasteiger partial charge is 0.399 e. The van der Waals surface area contributed by atoms with Gasteiger partial charge in [-0.2, -0.15) is 5.10 Å². The molecular formula is C12H16N4O2. The molecule has 96 valence electrons. The molecule has 2 rings (SSSR count). The lowest BCUT2D eigenvalue weighted by Gasteiger charge is -2.12. The molecule has 1 unspecified atom stereocenters. The number of nitrogen functional groups attached to an aromatic ring is 1. The van der Waals surface area contributed by atoms with Crippen molar-refractivity contribution in [2.45, 2.75) is 19.4 Å². The van der Waals surface area contributed by atoms with Gasteiger partial charge in [0.05, 0.1) is 18.2 Å². The summed E-state index contributed by atoms with van der Waals surface area (Å²) in [5, 5.41) is 19.2. The Balaban J connectivity index is 2.30. The smallest absolute Gasteiger partial charge is 0.272 e. The molecule has 0 aliphatic rings. The number of rotatable bonds is 4. The maximum Gasteiger partial charge on any atom is 0.272 e. The summed E-state index contributed by atoms with van der Waals surface area (Å²) in [7, 11) is 0. The molecule has 0 saturated carbocycles. The van der Waals surface area contributed by atoms with Crippen molar-refractivity contribution in [3.63, 3.8) is 0 Å². The second-order valence-electron chi connectivity index (χ2n) is 4.14. The van der Waals surface area contributed by atoms with Crippen LogP contribution in [0.3, 0.4) is 0 Å². The van der Waals surface area contributed by atoms with Crippen molar-refractivity contribution in [1.29, 1.82) is 0 Å². The highest BCUT2D eigenvalue weighted by Crippen LogP contribution is 2.18. The van der Waals surface area contributed by atoms with Crippen LogP contribution < -0.4 is 11.1 Å². The Hall–Kier alpha value is -2.08. The number of nitrogens with one attached hydrogen (secondary N) is 2. The number of carbonyl (C=O) groups excluding carboxylic acids is 1. The summed E-state index contributed by atoms with van der Waals surface area (Å²) >= 11 is 0. The zero-order valence-electron chi connectivity index (χ0n) is 10.1. The Kier molecular flexibility index (Phi) is 3.47. The predicted molar refractivity (Wildman–Crippen MR) is 69.1 cm³/mol. The minimum atomic E-state index is -0.312. The highest BCUT2D eigenvalue weighted by molar-refractivity contribution is 6.05. The van der Waals surface area contributed by atoms with Gasteiger partial charge in [0.1, 0.15) is 0 Å². The standard InChI is InChI=1S/C12H16N4O2/c1-2-8(6-17)14-12(18)11-9-5-7(13)3-4-10(9)15-16-11/h3-5,8,17H,2,6,13H2,1H3,(H,14,18)(H,15,16). The number of hydrogen-bond acceptors (Lipinski definition) is 4. The van der Waals surface area contributed by atoms with Gasteiger partial charge in [-0.15, -0.1) is 0 Å². The lowest BCUT2D eigenvalue weighted by Crippen LogP contribution is -2.37. The van der Waals surface area contributed by atoms with Crippen LogP contribution in [0.25, 0.3) is 10.9 Å². The van der Waals surface area contributed by atoms with E-state index in [0.29, 0.717) is 23.2 Å². The minimum Gasteiger partial charge on any atom is -0.399 e. The Morgan fingerprint density at radius 1 is 1.61 bits per heavy atom. The van der Waals surface area contributed by atoms with Gasteiger partial charge in [-0.25, -0.2) is 0 Å². The number of aromatic amines is 1. The van der Waals surface area contributed by atoms with Crippen molar-refractivity contribution in [3.05, 3.63) is 23.9 Å². The first-order chi connectivity index (χ1) is 8.65. The van der Waals surface area contributed by atoms with Crippen molar-refractivity contribution >= 4 is 22.5 Å². The third kappa shape index (κ3) is 2.28. The minimum absolute atomic E-state index is 0.0905. The molecular weight excluding hydrogens is 232 g/mol. The summed E-state index contributed by atoms with van der Waals surface area (Å²) in [6.45, 7) is 1.80. The zero-order chi connectivity index (χ0) is 13.1. The molecule has 0 bridgehead atoms. The number of benzene rings is 1. The van der Waals surface area contributed by atoms with E-state index in [2.05, 4.69) is 15.5 Å². The SMILES string of the molecule is CCC(CO)NC(=O)c1n[nH]c2ccc(N)cc12. The molecule has 0 fully saturated rings. The van der Waals surface area contributed by atoms with E-state index in [1.165, 1.54) is 0 Å². The van der Waals surface area contributed by atoms with Gasteiger partial charge in [0, 0.05) is 11.1 Å². The first-order valence-electron chi connectivity index (χ1n) is 5.81. The molecule has 0 aliphatic carbocycles. The monoisotopic (exact) mass is 248 g/mol. The van der Waals surface area contributed by atoms with Gasteiger partial charge in [0.2, 0.25) is 0 Å². The van der Waals surface area contributed by atoms with Gasteiger partial charge in [-0.3, -0.25) is 9.89 Å². The van der Waals surface area contributed by atoms with Crippen LogP contribution in [0.4, 0.5) is 5.69 Å². The van der Waals surface area contributed by atoms with Gasteiger partial charge in [0.15, 0.2) is 5.69 Å². The average Bonchev–Trinajstić information content (AvgIpc) is 2.78. The van der Waals surface area contributed by atoms with Crippen molar-refractivity contribution < 1.29 is 9.90 Å². The van der Waals surface area contributed by atoms with E-state index in [0.717, 1.165) is 5.52 Å². The summed E-state index contributed by atoms with van der Waals surface area (Å²) in [5.74, 6) is -0.312. The maximum absolute atomic E-state index is 12.0. The number of nitrogens with two attached hydrogens (primary N) is 1. The topological polar surface area (TPSA) is 104 Å². The van der Waals surface area contributed by atoms with E-state index >= 15 is 0 Å². The molecule has 1 atom stereocenters. The molecule has 6 nitrogen and oxygen atoms in total. The second kappa shape index (κ2) is 5.05. The fraction of sp³-hybridized carbons (Fsp3) is 0.333. The number of aromatic nitrogens is 2. The van der Waals surface area contributed by atoms with E-state index < -0.39 is 0 Å². The van der Waals surface area contributed by atoms with Gasteiger partial charge in [0.25, 0.3) is 5.91 Å². The summed E-state index contributed by atoms with van der Waals surface area (Å²) in [6, 6.07) is 4.96. The number of fused-ring (bicyclic) bond motifs is 1. The number of carbonyl (C=O) groups is 1. The molecule has 1 aromatic heterocycles. The lowest BCUT2D eigenvalue weighted by atomic mass is 10.1. The number of amides is 1. The van der Waals surface area contributed by atoms with Crippen LogP contribution in [-0.4, -0.2) is 33.9 Å². The summed E-state index contributed by atoms with van der Waals surface area (Å²) in [6.07, 6.45) is 0.659. The van der Waals surface area contributed by atoms with E-state index in [1.54, 1.807) is 18.2 Å². The van der Waals surface area contributed by atoms with Crippen LogP contribution in [0.5, 0.6) is 0 Å². The Labute approximate surface area is 104 Å². The molecule has 6 heteroatoms. The highest BCUT2D eigenvalue weighted by atomic mass is 16.3. The Morgan fingerprint density at radius 3 is 3.06 bits per heavy atom. The number of hydrogen-bond donors (Lipinski definition) is 4. The molecule has 1 heterocycles. The van der Waals surface area contributed by atoms with E-state index in [4.69, 9.17) is 10.8 Å².